The first-order chi connectivity index (χ1) is 8.65. The molecule has 5 heteroatoms. The number of ether oxygens (including phenoxy) is 1. The van der Waals surface area contributed by atoms with Crippen LogP contribution in [0.15, 0.2) is 30.7 Å². The number of nitrogens with one attached hydrogen (secondary N) is 1. The Morgan fingerprint density at radius 2 is 2.22 bits per heavy atom. The monoisotopic (exact) mass is 265 g/mol. The minimum atomic E-state index is 0.0253. The van der Waals surface area contributed by atoms with E-state index in [4.69, 9.17) is 16.3 Å². The zero-order valence-electron chi connectivity index (χ0n) is 10.6. The molecule has 0 radical (unpaired) electrons. The summed E-state index contributed by atoms with van der Waals surface area (Å²) in [6, 6.07) is 5.76. The molecular formula is C13H16ClN3O. The third-order valence-corrected chi connectivity index (χ3v) is 3.13. The first kappa shape index (κ1) is 12.9. The van der Waals surface area contributed by atoms with Crippen LogP contribution in [0, 0.1) is 0 Å². The van der Waals surface area contributed by atoms with E-state index in [0.717, 1.165) is 11.3 Å². The number of rotatable bonds is 4. The normalized spacial score (nSPS) is 12.4. The molecule has 1 unspecified atom stereocenters. The number of nitrogens with zero attached hydrogens (tertiary/aromatic N) is 2. The van der Waals surface area contributed by atoms with Gasteiger partial charge in [-0.1, -0.05) is 17.7 Å². The van der Waals surface area contributed by atoms with Crippen molar-refractivity contribution in [2.75, 3.05) is 14.2 Å². The summed E-state index contributed by atoms with van der Waals surface area (Å²) in [6.45, 7) is 0. The summed E-state index contributed by atoms with van der Waals surface area (Å²) in [4.78, 5) is 4.37. The maximum absolute atomic E-state index is 6.03. The van der Waals surface area contributed by atoms with Gasteiger partial charge in [0, 0.05) is 13.2 Å². The highest BCUT2D eigenvalue weighted by Crippen LogP contribution is 2.29. The molecule has 0 bridgehead atoms. The lowest BCUT2D eigenvalue weighted by Crippen LogP contribution is -2.18. The Hall–Kier alpha value is -1.52. The number of hydrogen-bond donors (Lipinski definition) is 1. The van der Waals surface area contributed by atoms with E-state index in [-0.39, 0.29) is 6.04 Å². The van der Waals surface area contributed by atoms with Gasteiger partial charge in [0.2, 0.25) is 0 Å². The minimum Gasteiger partial charge on any atom is -0.495 e. The third kappa shape index (κ3) is 2.49. The van der Waals surface area contributed by atoms with Gasteiger partial charge in [0.25, 0.3) is 0 Å². The van der Waals surface area contributed by atoms with Gasteiger partial charge in [0.1, 0.15) is 5.75 Å². The number of imidazole rings is 1. The summed E-state index contributed by atoms with van der Waals surface area (Å²) in [5.41, 5.74) is 2.03. The van der Waals surface area contributed by atoms with E-state index in [2.05, 4.69) is 10.3 Å². The fourth-order valence-corrected chi connectivity index (χ4v) is 2.12. The molecule has 2 aromatic rings. The fourth-order valence-electron chi connectivity index (χ4n) is 1.92. The third-order valence-electron chi connectivity index (χ3n) is 2.82. The number of methoxy groups -OCH3 is 1. The van der Waals surface area contributed by atoms with E-state index in [1.807, 2.05) is 43.1 Å². The van der Waals surface area contributed by atoms with Crippen LogP contribution in [0.4, 0.5) is 0 Å². The maximum Gasteiger partial charge on any atom is 0.137 e. The average Bonchev–Trinajstić information content (AvgIpc) is 2.79. The van der Waals surface area contributed by atoms with E-state index >= 15 is 0 Å². The van der Waals surface area contributed by atoms with Crippen LogP contribution in [0.2, 0.25) is 5.02 Å². The molecule has 0 saturated carbocycles. The highest BCUT2D eigenvalue weighted by Gasteiger charge is 2.16. The van der Waals surface area contributed by atoms with E-state index in [1.165, 1.54) is 0 Å². The van der Waals surface area contributed by atoms with Gasteiger partial charge in [0.15, 0.2) is 0 Å². The Morgan fingerprint density at radius 3 is 2.78 bits per heavy atom. The van der Waals surface area contributed by atoms with E-state index in [0.29, 0.717) is 10.8 Å². The molecule has 1 aromatic carbocycles. The zero-order chi connectivity index (χ0) is 13.1. The number of hydrogen-bond acceptors (Lipinski definition) is 3. The smallest absolute Gasteiger partial charge is 0.137 e. The largest absolute Gasteiger partial charge is 0.495 e. The first-order valence-electron chi connectivity index (χ1n) is 5.64. The molecule has 1 heterocycles. The lowest BCUT2D eigenvalue weighted by Gasteiger charge is -2.15. The zero-order valence-corrected chi connectivity index (χ0v) is 11.4. The van der Waals surface area contributed by atoms with Crippen molar-refractivity contribution in [3.63, 3.8) is 0 Å². The molecule has 0 spiro atoms. The van der Waals surface area contributed by atoms with Crippen LogP contribution in [0.1, 0.15) is 17.3 Å². The summed E-state index contributed by atoms with van der Waals surface area (Å²) < 4.78 is 7.16. The molecule has 4 nitrogen and oxygen atoms in total. The number of aryl methyl sites for hydroxylation is 1. The summed E-state index contributed by atoms with van der Waals surface area (Å²) >= 11 is 6.03. The van der Waals surface area contributed by atoms with Crippen LogP contribution in [-0.2, 0) is 7.05 Å². The second-order valence-electron chi connectivity index (χ2n) is 4.08. The van der Waals surface area contributed by atoms with Crippen LogP contribution in [0.25, 0.3) is 0 Å². The number of halogens is 1. The van der Waals surface area contributed by atoms with Crippen molar-refractivity contribution in [3.8, 4) is 5.75 Å². The van der Waals surface area contributed by atoms with Gasteiger partial charge in [0.05, 0.1) is 30.2 Å². The molecule has 1 N–H and O–H groups in total. The Labute approximate surface area is 112 Å². The molecule has 0 aliphatic carbocycles. The Bertz CT molecular complexity index is 539. The van der Waals surface area contributed by atoms with Gasteiger partial charge < -0.3 is 14.6 Å². The number of benzene rings is 1. The summed E-state index contributed by atoms with van der Waals surface area (Å²) in [5, 5.41) is 3.85. The second kappa shape index (κ2) is 5.42. The van der Waals surface area contributed by atoms with Gasteiger partial charge in [-0.05, 0) is 24.7 Å². The standard InChI is InChI=1S/C13H16ClN3O/c1-15-13(11-7-17(2)8-16-11)9-4-5-10(14)12(6-9)18-3/h4-8,13,15H,1-3H3. The van der Waals surface area contributed by atoms with Crippen molar-refractivity contribution in [1.82, 2.24) is 14.9 Å². The quantitative estimate of drug-likeness (QED) is 0.923. The first-order valence-corrected chi connectivity index (χ1v) is 6.02. The molecule has 0 fully saturated rings. The van der Waals surface area contributed by atoms with Crippen LogP contribution < -0.4 is 10.1 Å². The lowest BCUT2D eigenvalue weighted by atomic mass is 10.0. The minimum absolute atomic E-state index is 0.0253. The molecule has 1 atom stereocenters. The van der Waals surface area contributed by atoms with E-state index in [1.54, 1.807) is 13.4 Å². The molecule has 0 amide bonds. The average molecular weight is 266 g/mol. The van der Waals surface area contributed by atoms with Crippen molar-refractivity contribution in [1.29, 1.82) is 0 Å². The SMILES string of the molecule is CNC(c1ccc(Cl)c(OC)c1)c1cn(C)cn1. The van der Waals surface area contributed by atoms with Gasteiger partial charge in [-0.15, -0.1) is 0 Å². The molecule has 0 aliphatic heterocycles. The predicted octanol–water partition coefficient (Wildman–Crippen LogP) is 2.39. The molecule has 18 heavy (non-hydrogen) atoms. The van der Waals surface area contributed by atoms with Crippen molar-refractivity contribution < 1.29 is 4.74 Å². The van der Waals surface area contributed by atoms with Crippen LogP contribution >= 0.6 is 11.6 Å². The van der Waals surface area contributed by atoms with Crippen LogP contribution in [0.3, 0.4) is 0 Å². The Kier molecular flexibility index (Phi) is 3.89. The van der Waals surface area contributed by atoms with Crippen LogP contribution in [-0.4, -0.2) is 23.7 Å². The fraction of sp³-hybridized carbons (Fsp3) is 0.308. The molecule has 2 rings (SSSR count). The van der Waals surface area contributed by atoms with Crippen molar-refractivity contribution in [3.05, 3.63) is 47.0 Å². The van der Waals surface area contributed by atoms with Crippen molar-refractivity contribution >= 4 is 11.6 Å². The lowest BCUT2D eigenvalue weighted by molar-refractivity contribution is 0.414. The summed E-state index contributed by atoms with van der Waals surface area (Å²) in [6.07, 6.45) is 3.77. The second-order valence-corrected chi connectivity index (χ2v) is 4.49. The van der Waals surface area contributed by atoms with Crippen LogP contribution in [0.5, 0.6) is 5.75 Å². The molecule has 0 aliphatic rings. The summed E-state index contributed by atoms with van der Waals surface area (Å²) in [7, 11) is 5.46. The molecule has 1 aromatic heterocycles. The predicted molar refractivity (Wildman–Crippen MR) is 72.1 cm³/mol. The summed E-state index contributed by atoms with van der Waals surface area (Å²) in [5.74, 6) is 0.672. The van der Waals surface area contributed by atoms with Gasteiger partial charge in [-0.2, -0.15) is 0 Å². The van der Waals surface area contributed by atoms with Gasteiger partial charge in [-0.25, -0.2) is 4.98 Å². The highest BCUT2D eigenvalue weighted by atomic mass is 35.5. The molecule has 0 saturated heterocycles. The van der Waals surface area contributed by atoms with E-state index < -0.39 is 0 Å². The van der Waals surface area contributed by atoms with E-state index in [9.17, 15) is 0 Å². The topological polar surface area (TPSA) is 39.1 Å². The molecular weight excluding hydrogens is 250 g/mol. The van der Waals surface area contributed by atoms with Gasteiger partial charge in [-0.3, -0.25) is 0 Å². The van der Waals surface area contributed by atoms with Crippen molar-refractivity contribution in [2.45, 2.75) is 6.04 Å². The van der Waals surface area contributed by atoms with Crippen molar-refractivity contribution in [2.24, 2.45) is 7.05 Å². The Balaban J connectivity index is 2.38. The van der Waals surface area contributed by atoms with Gasteiger partial charge >= 0.3 is 0 Å². The highest BCUT2D eigenvalue weighted by molar-refractivity contribution is 6.32. The maximum atomic E-state index is 6.03. The Morgan fingerprint density at radius 1 is 1.44 bits per heavy atom. The number of aromatic nitrogens is 2. The molecule has 96 valence electrons.